The molecule has 0 saturated carbocycles. The third-order valence-electron chi connectivity index (χ3n) is 5.19. The zero-order chi connectivity index (χ0) is 20.4. The Kier molecular flexibility index (Phi) is 5.16. The number of amides is 2. The molecule has 6 nitrogen and oxygen atoms in total. The third-order valence-corrected chi connectivity index (χ3v) is 5.19. The van der Waals surface area contributed by atoms with Crippen molar-refractivity contribution in [1.82, 2.24) is 14.9 Å². The lowest BCUT2D eigenvalue weighted by Gasteiger charge is -2.28. The van der Waals surface area contributed by atoms with Crippen molar-refractivity contribution < 1.29 is 9.53 Å². The zero-order valence-corrected chi connectivity index (χ0v) is 16.9. The maximum Gasteiger partial charge on any atom is 0.322 e. The second-order valence-corrected chi connectivity index (χ2v) is 7.31. The number of anilines is 1. The highest BCUT2D eigenvalue weighted by Crippen LogP contribution is 2.24. The minimum Gasteiger partial charge on any atom is -0.497 e. The molecule has 0 unspecified atom stereocenters. The first-order chi connectivity index (χ1) is 14.0. The van der Waals surface area contributed by atoms with Crippen LogP contribution in [0.15, 0.2) is 48.7 Å². The topological polar surface area (TPSA) is 67.4 Å². The van der Waals surface area contributed by atoms with Crippen LogP contribution in [0.4, 0.5) is 10.5 Å². The van der Waals surface area contributed by atoms with Crippen molar-refractivity contribution in [2.75, 3.05) is 19.0 Å². The highest BCUT2D eigenvalue weighted by molar-refractivity contribution is 5.90. The highest BCUT2D eigenvalue weighted by Gasteiger charge is 2.23. The summed E-state index contributed by atoms with van der Waals surface area (Å²) in [6.45, 7) is 5.18. The number of carbonyl (C=O) groups is 1. The van der Waals surface area contributed by atoms with Crippen molar-refractivity contribution in [2.24, 2.45) is 0 Å². The molecule has 2 amide bonds. The summed E-state index contributed by atoms with van der Waals surface area (Å²) < 4.78 is 5.20. The van der Waals surface area contributed by atoms with Crippen LogP contribution in [0.3, 0.4) is 0 Å². The van der Waals surface area contributed by atoms with Gasteiger partial charge in [0.15, 0.2) is 5.82 Å². The largest absolute Gasteiger partial charge is 0.497 e. The summed E-state index contributed by atoms with van der Waals surface area (Å²) >= 11 is 0. The van der Waals surface area contributed by atoms with Gasteiger partial charge in [0, 0.05) is 36.0 Å². The molecule has 148 valence electrons. The van der Waals surface area contributed by atoms with Crippen molar-refractivity contribution >= 4 is 11.7 Å². The van der Waals surface area contributed by atoms with Crippen molar-refractivity contribution in [3.8, 4) is 17.1 Å². The Morgan fingerprint density at radius 3 is 2.66 bits per heavy atom. The van der Waals surface area contributed by atoms with Gasteiger partial charge in [0.2, 0.25) is 0 Å². The van der Waals surface area contributed by atoms with Crippen molar-refractivity contribution in [3.63, 3.8) is 0 Å². The minimum atomic E-state index is -0.0955. The number of nitrogens with one attached hydrogen (secondary N) is 1. The van der Waals surface area contributed by atoms with E-state index in [9.17, 15) is 4.79 Å². The quantitative estimate of drug-likeness (QED) is 0.724. The molecule has 0 atom stereocenters. The average Bonchev–Trinajstić information content (AvgIpc) is 2.75. The fourth-order valence-corrected chi connectivity index (χ4v) is 3.52. The van der Waals surface area contributed by atoms with E-state index in [1.165, 1.54) is 5.56 Å². The van der Waals surface area contributed by atoms with Gasteiger partial charge in [-0.15, -0.1) is 0 Å². The number of hydrogen-bond donors (Lipinski definition) is 1. The molecule has 0 saturated heterocycles. The molecule has 1 N–H and O–H groups in total. The molecule has 1 aliphatic rings. The standard InChI is InChI=1S/C23H24N4O2/c1-15-4-9-20(16(2)12-15)26-23(28)27-11-10-21-18(14-27)13-24-22(25-21)17-5-7-19(29-3)8-6-17/h4-9,12-13H,10-11,14H2,1-3H3,(H,26,28). The molecule has 3 aromatic rings. The number of fused-ring (bicyclic) bond motifs is 1. The molecular weight excluding hydrogens is 364 g/mol. The van der Waals surface area contributed by atoms with E-state index < -0.39 is 0 Å². The van der Waals surface area contributed by atoms with E-state index in [1.807, 2.05) is 56.4 Å². The average molecular weight is 388 g/mol. The van der Waals surface area contributed by atoms with Gasteiger partial charge >= 0.3 is 6.03 Å². The minimum absolute atomic E-state index is 0.0955. The zero-order valence-electron chi connectivity index (χ0n) is 16.9. The van der Waals surface area contributed by atoms with Crippen molar-refractivity contribution in [2.45, 2.75) is 26.8 Å². The number of methoxy groups -OCH3 is 1. The van der Waals surface area contributed by atoms with Gasteiger partial charge in [-0.3, -0.25) is 0 Å². The maximum absolute atomic E-state index is 12.7. The lowest BCUT2D eigenvalue weighted by molar-refractivity contribution is 0.206. The molecule has 0 aliphatic carbocycles. The second-order valence-electron chi connectivity index (χ2n) is 7.31. The van der Waals surface area contributed by atoms with Gasteiger partial charge in [0.05, 0.1) is 19.3 Å². The van der Waals surface area contributed by atoms with E-state index in [-0.39, 0.29) is 6.03 Å². The predicted molar refractivity (Wildman–Crippen MR) is 113 cm³/mol. The fraction of sp³-hybridized carbons (Fsp3) is 0.261. The van der Waals surface area contributed by atoms with Crippen LogP contribution in [0, 0.1) is 13.8 Å². The molecule has 2 aromatic carbocycles. The predicted octanol–water partition coefficient (Wildman–Crippen LogP) is 4.36. The van der Waals surface area contributed by atoms with E-state index >= 15 is 0 Å². The molecule has 2 heterocycles. The second kappa shape index (κ2) is 7.91. The number of aryl methyl sites for hydroxylation is 2. The number of hydrogen-bond acceptors (Lipinski definition) is 4. The molecule has 0 spiro atoms. The molecule has 29 heavy (non-hydrogen) atoms. The Hall–Kier alpha value is -3.41. The normalized spacial score (nSPS) is 13.0. The fourth-order valence-electron chi connectivity index (χ4n) is 3.52. The van der Waals surface area contributed by atoms with Crippen LogP contribution in [0.2, 0.25) is 0 Å². The van der Waals surface area contributed by atoms with Gasteiger partial charge in [-0.1, -0.05) is 17.7 Å². The monoisotopic (exact) mass is 388 g/mol. The lowest BCUT2D eigenvalue weighted by Crippen LogP contribution is -2.39. The van der Waals surface area contributed by atoms with Crippen molar-refractivity contribution in [1.29, 1.82) is 0 Å². The highest BCUT2D eigenvalue weighted by atomic mass is 16.5. The first-order valence-corrected chi connectivity index (χ1v) is 9.66. The summed E-state index contributed by atoms with van der Waals surface area (Å²) in [4.78, 5) is 23.8. The SMILES string of the molecule is COc1ccc(-c2ncc3c(n2)CCN(C(=O)Nc2ccc(C)cc2C)C3)cc1. The van der Waals surface area contributed by atoms with Crippen LogP contribution in [0.5, 0.6) is 5.75 Å². The summed E-state index contributed by atoms with van der Waals surface area (Å²) in [6, 6.07) is 13.6. The Labute approximate surface area is 170 Å². The molecular formula is C23H24N4O2. The number of benzene rings is 2. The molecule has 1 aliphatic heterocycles. The summed E-state index contributed by atoms with van der Waals surface area (Å²) in [7, 11) is 1.65. The van der Waals surface area contributed by atoms with Crippen LogP contribution < -0.4 is 10.1 Å². The molecule has 0 bridgehead atoms. The molecule has 1 aromatic heterocycles. The van der Waals surface area contributed by atoms with Gasteiger partial charge in [0.25, 0.3) is 0 Å². The van der Waals surface area contributed by atoms with Gasteiger partial charge < -0.3 is 15.0 Å². The van der Waals surface area contributed by atoms with Crippen LogP contribution >= 0.6 is 0 Å². The summed E-state index contributed by atoms with van der Waals surface area (Å²) in [5.74, 6) is 1.50. The Morgan fingerprint density at radius 1 is 1.14 bits per heavy atom. The van der Waals surface area contributed by atoms with E-state index in [1.54, 1.807) is 12.0 Å². The number of urea groups is 1. The first-order valence-electron chi connectivity index (χ1n) is 9.66. The first kappa shape index (κ1) is 18.9. The number of nitrogens with zero attached hydrogens (tertiary/aromatic N) is 3. The molecule has 6 heteroatoms. The Balaban J connectivity index is 1.47. The van der Waals surface area contributed by atoms with Crippen LogP contribution in [-0.2, 0) is 13.0 Å². The molecule has 4 rings (SSSR count). The summed E-state index contributed by atoms with van der Waals surface area (Å²) in [5.41, 5.74) is 6.02. The van der Waals surface area contributed by atoms with Gasteiger partial charge in [-0.2, -0.15) is 0 Å². The number of aromatic nitrogens is 2. The summed E-state index contributed by atoms with van der Waals surface area (Å²) in [6.07, 6.45) is 2.54. The van der Waals surface area contributed by atoms with Crippen molar-refractivity contribution in [3.05, 3.63) is 71.0 Å². The Bertz CT molecular complexity index is 1050. The van der Waals surface area contributed by atoms with E-state index in [4.69, 9.17) is 9.72 Å². The molecule has 0 radical (unpaired) electrons. The number of carbonyl (C=O) groups excluding carboxylic acids is 1. The Morgan fingerprint density at radius 2 is 1.93 bits per heavy atom. The lowest BCUT2D eigenvalue weighted by atomic mass is 10.1. The van der Waals surface area contributed by atoms with Gasteiger partial charge in [-0.25, -0.2) is 14.8 Å². The van der Waals surface area contributed by atoms with E-state index in [0.717, 1.165) is 33.8 Å². The van der Waals surface area contributed by atoms with Gasteiger partial charge in [0.1, 0.15) is 5.75 Å². The number of rotatable bonds is 3. The summed E-state index contributed by atoms with van der Waals surface area (Å²) in [5, 5.41) is 3.02. The van der Waals surface area contributed by atoms with Crippen LogP contribution in [0.1, 0.15) is 22.4 Å². The number of ether oxygens (including phenoxy) is 1. The maximum atomic E-state index is 12.7. The van der Waals surface area contributed by atoms with Crippen LogP contribution in [-0.4, -0.2) is 34.6 Å². The van der Waals surface area contributed by atoms with E-state index in [0.29, 0.717) is 25.3 Å². The molecule has 0 fully saturated rings. The van der Waals surface area contributed by atoms with E-state index in [2.05, 4.69) is 16.4 Å². The smallest absolute Gasteiger partial charge is 0.322 e. The van der Waals surface area contributed by atoms with Crippen LogP contribution in [0.25, 0.3) is 11.4 Å². The third kappa shape index (κ3) is 4.06. The van der Waals surface area contributed by atoms with Gasteiger partial charge in [-0.05, 0) is 49.7 Å².